The summed E-state index contributed by atoms with van der Waals surface area (Å²) in [6, 6.07) is 0. The van der Waals surface area contributed by atoms with Crippen molar-refractivity contribution in [1.29, 1.82) is 0 Å². The maximum atomic E-state index is 10.5. The van der Waals surface area contributed by atoms with Crippen molar-refractivity contribution in [3.8, 4) is 0 Å². The molecule has 0 radical (unpaired) electrons. The summed E-state index contributed by atoms with van der Waals surface area (Å²) in [5.41, 5.74) is 0. The number of rotatable bonds is 9. The molecule has 8 nitrogen and oxygen atoms in total. The molecule has 0 spiro atoms. The third kappa shape index (κ3) is 21.8. The molecular formula is C6H18O8S4. The highest BCUT2D eigenvalue weighted by Gasteiger charge is 2.00. The zero-order valence-corrected chi connectivity index (χ0v) is 12.7. The van der Waals surface area contributed by atoms with E-state index in [9.17, 15) is 8.42 Å². The summed E-state index contributed by atoms with van der Waals surface area (Å²) in [7, 11) is -7.03. The Kier molecular flexibility index (Phi) is 14.9. The third-order valence-electron chi connectivity index (χ3n) is 1.50. The molecule has 2 atom stereocenters. The van der Waals surface area contributed by atoms with E-state index in [1.807, 2.05) is 0 Å². The maximum Gasteiger partial charge on any atom is 0.266 e. The second kappa shape index (κ2) is 11.3. The van der Waals surface area contributed by atoms with E-state index < -0.39 is 18.1 Å². The molecule has 6 N–H and O–H groups in total. The first-order valence-corrected chi connectivity index (χ1v) is 9.17. The van der Waals surface area contributed by atoms with Crippen molar-refractivity contribution >= 4 is 40.5 Å². The van der Waals surface area contributed by atoms with Gasteiger partial charge in [0, 0.05) is 22.4 Å². The molecule has 0 aromatic rings. The van der Waals surface area contributed by atoms with Crippen LogP contribution in [0.25, 0.3) is 0 Å². The quantitative estimate of drug-likeness (QED) is 0.514. The van der Waals surface area contributed by atoms with Crippen molar-refractivity contribution in [1.82, 2.24) is 0 Å². The Balaban J connectivity index is -0.00000112. The van der Waals surface area contributed by atoms with Crippen LogP contribution in [-0.2, 0) is 48.8 Å². The Morgan fingerprint density at radius 2 is 1.06 bits per heavy atom. The van der Waals surface area contributed by atoms with E-state index in [2.05, 4.69) is 30.7 Å². The van der Waals surface area contributed by atoms with Crippen LogP contribution in [0.1, 0.15) is 25.7 Å². The zero-order chi connectivity index (χ0) is 12.7. The smallest absolute Gasteiger partial charge is 0.266 e. The first-order valence-electron chi connectivity index (χ1n) is 4.44. The molecule has 18 heavy (non-hydrogen) atoms. The van der Waals surface area contributed by atoms with Crippen molar-refractivity contribution in [2.24, 2.45) is 0 Å². The Bertz CT molecular complexity index is 336. The van der Waals surface area contributed by atoms with Crippen LogP contribution in [0.3, 0.4) is 0 Å². The van der Waals surface area contributed by atoms with Gasteiger partial charge < -0.3 is 11.0 Å². The highest BCUT2D eigenvalue weighted by atomic mass is 32.9. The van der Waals surface area contributed by atoms with Gasteiger partial charge in [0.2, 0.25) is 0 Å². The molecule has 0 saturated carbocycles. The van der Waals surface area contributed by atoms with Gasteiger partial charge in [-0.2, -0.15) is 8.42 Å². The Labute approximate surface area is 116 Å². The first kappa shape index (κ1) is 23.6. The SMILES string of the molecule is O.O.O=S(O)(=S)OCCCCCCOS(=O)(O)=S. The molecular weight excluding hydrogens is 328 g/mol. The minimum atomic E-state index is -3.52. The average Bonchev–Trinajstić information content (AvgIpc) is 2.06. The molecule has 0 amide bonds. The van der Waals surface area contributed by atoms with Crippen LogP contribution in [0.5, 0.6) is 0 Å². The van der Waals surface area contributed by atoms with E-state index in [0.29, 0.717) is 12.8 Å². The van der Waals surface area contributed by atoms with Crippen LogP contribution in [0.4, 0.5) is 0 Å². The van der Waals surface area contributed by atoms with Gasteiger partial charge in [0.1, 0.15) is 0 Å². The van der Waals surface area contributed by atoms with Gasteiger partial charge >= 0.3 is 0 Å². The molecule has 0 saturated heterocycles. The summed E-state index contributed by atoms with van der Waals surface area (Å²) >= 11 is 8.23. The van der Waals surface area contributed by atoms with Gasteiger partial charge in [0.05, 0.1) is 13.2 Å². The minimum Gasteiger partial charge on any atom is -0.412 e. The molecule has 0 heterocycles. The topological polar surface area (TPSA) is 156 Å². The van der Waals surface area contributed by atoms with Crippen LogP contribution >= 0.6 is 0 Å². The van der Waals surface area contributed by atoms with Crippen molar-refractivity contribution in [3.05, 3.63) is 0 Å². The van der Waals surface area contributed by atoms with Crippen LogP contribution < -0.4 is 0 Å². The lowest BCUT2D eigenvalue weighted by Gasteiger charge is -2.03. The molecule has 12 heteroatoms. The van der Waals surface area contributed by atoms with Crippen LogP contribution in [0, 0.1) is 0 Å². The maximum absolute atomic E-state index is 10.5. The molecule has 0 aromatic heterocycles. The molecule has 0 bridgehead atoms. The predicted molar refractivity (Wildman–Crippen MR) is 73.9 cm³/mol. The van der Waals surface area contributed by atoms with Gasteiger partial charge in [0.15, 0.2) is 0 Å². The molecule has 0 aliphatic heterocycles. The van der Waals surface area contributed by atoms with Crippen LogP contribution in [0.2, 0.25) is 0 Å². The second-order valence-corrected chi connectivity index (χ2v) is 7.62. The van der Waals surface area contributed by atoms with Crippen LogP contribution in [-0.4, -0.2) is 41.7 Å². The van der Waals surface area contributed by atoms with Crippen molar-refractivity contribution in [2.45, 2.75) is 25.7 Å². The van der Waals surface area contributed by atoms with E-state index in [-0.39, 0.29) is 24.2 Å². The Hall–Kier alpha value is 0.500. The number of hydrogen-bond acceptors (Lipinski definition) is 6. The normalized spacial score (nSPS) is 16.8. The molecule has 0 rings (SSSR count). The summed E-state index contributed by atoms with van der Waals surface area (Å²) in [5.74, 6) is 0. The fourth-order valence-corrected chi connectivity index (χ4v) is 1.95. The molecule has 0 aromatic carbocycles. The lowest BCUT2D eigenvalue weighted by Crippen LogP contribution is -2.04. The summed E-state index contributed by atoms with van der Waals surface area (Å²) in [6.45, 7) is 0.245. The zero-order valence-electron chi connectivity index (χ0n) is 9.40. The van der Waals surface area contributed by atoms with Gasteiger partial charge in [-0.1, -0.05) is 12.8 Å². The predicted octanol–water partition coefficient (Wildman–Crippen LogP) is -0.801. The molecule has 114 valence electrons. The fourth-order valence-electron chi connectivity index (χ4n) is 0.886. The molecule has 0 aliphatic carbocycles. The average molecular weight is 346 g/mol. The van der Waals surface area contributed by atoms with Gasteiger partial charge in [-0.25, -0.2) is 0 Å². The van der Waals surface area contributed by atoms with Gasteiger partial charge in [-0.05, 0) is 12.8 Å². The van der Waals surface area contributed by atoms with E-state index in [0.717, 1.165) is 12.8 Å². The molecule has 0 fully saturated rings. The summed E-state index contributed by atoms with van der Waals surface area (Å²) in [6.07, 6.45) is 2.68. The van der Waals surface area contributed by atoms with Gasteiger partial charge in [-0.3, -0.25) is 17.5 Å². The lowest BCUT2D eigenvalue weighted by atomic mass is 10.2. The monoisotopic (exact) mass is 346 g/mol. The van der Waals surface area contributed by atoms with E-state index in [4.69, 9.17) is 9.11 Å². The van der Waals surface area contributed by atoms with Gasteiger partial charge in [-0.15, -0.1) is 0 Å². The van der Waals surface area contributed by atoms with Crippen LogP contribution in [0.15, 0.2) is 0 Å². The Morgan fingerprint density at radius 1 is 0.778 bits per heavy atom. The standard InChI is InChI=1S/C6H14O6S4.2H2O/c7-15(8,13)11-5-3-1-2-4-6-12-16(9,10)14;;/h1-6H2,(H,7,8,13)(H,9,10,14);2*1H2. The molecule has 2 unspecified atom stereocenters. The van der Waals surface area contributed by atoms with Crippen molar-refractivity contribution in [2.75, 3.05) is 13.2 Å². The van der Waals surface area contributed by atoms with Crippen molar-refractivity contribution in [3.63, 3.8) is 0 Å². The first-order chi connectivity index (χ1) is 7.21. The van der Waals surface area contributed by atoms with Crippen molar-refractivity contribution < 1.29 is 36.8 Å². The minimum absolute atomic E-state index is 0. The van der Waals surface area contributed by atoms with Gasteiger partial charge in [0.25, 0.3) is 18.1 Å². The summed E-state index contributed by atoms with van der Waals surface area (Å²) in [5, 5.41) is 0. The van der Waals surface area contributed by atoms with E-state index >= 15 is 0 Å². The highest BCUT2D eigenvalue weighted by molar-refractivity contribution is 8.27. The third-order valence-corrected chi connectivity index (χ3v) is 3.01. The van der Waals surface area contributed by atoms with E-state index in [1.54, 1.807) is 0 Å². The second-order valence-electron chi connectivity index (χ2n) is 2.91. The number of hydrogen-bond donors (Lipinski definition) is 2. The Morgan fingerprint density at radius 3 is 1.28 bits per heavy atom. The van der Waals surface area contributed by atoms with E-state index in [1.165, 1.54) is 0 Å². The highest BCUT2D eigenvalue weighted by Crippen LogP contribution is 2.02. The lowest BCUT2D eigenvalue weighted by molar-refractivity contribution is 0.279. The largest absolute Gasteiger partial charge is 0.412 e. The molecule has 0 aliphatic rings. The fraction of sp³-hybridized carbons (Fsp3) is 1.00. The summed E-state index contributed by atoms with van der Waals surface area (Å²) in [4.78, 5) is 0. The summed E-state index contributed by atoms with van der Waals surface area (Å²) < 4.78 is 47.0. The number of unbranched alkanes of at least 4 members (excludes halogenated alkanes) is 3.